The van der Waals surface area contributed by atoms with Crippen LogP contribution >= 0.6 is 15.9 Å². The van der Waals surface area contributed by atoms with E-state index in [1.165, 1.54) is 36.4 Å². The van der Waals surface area contributed by atoms with Gasteiger partial charge in [-0.3, -0.25) is 4.18 Å². The Labute approximate surface area is 213 Å². The Morgan fingerprint density at radius 3 is 1.94 bits per heavy atom. The monoisotopic (exact) mass is 578 g/mol. The zero-order valence-corrected chi connectivity index (χ0v) is 22.4. The van der Waals surface area contributed by atoms with Crippen molar-refractivity contribution in [2.24, 2.45) is 0 Å². The maximum Gasteiger partial charge on any atom is 0.339 e. The summed E-state index contributed by atoms with van der Waals surface area (Å²) in [4.78, 5) is 0.105. The first-order valence-corrected chi connectivity index (χ1v) is 14.2. The van der Waals surface area contributed by atoms with Gasteiger partial charge < -0.3 is 8.92 Å². The molecule has 3 aromatic rings. The van der Waals surface area contributed by atoms with E-state index in [4.69, 9.17) is 13.1 Å². The van der Waals surface area contributed by atoms with E-state index in [9.17, 15) is 16.8 Å². The Morgan fingerprint density at radius 1 is 0.829 bits per heavy atom. The van der Waals surface area contributed by atoms with E-state index in [0.717, 1.165) is 11.1 Å². The Hall–Kier alpha value is -2.66. The van der Waals surface area contributed by atoms with Crippen LogP contribution in [0.5, 0.6) is 11.5 Å². The fourth-order valence-corrected chi connectivity index (χ4v) is 6.09. The van der Waals surface area contributed by atoms with E-state index < -0.39 is 25.8 Å². The Bertz CT molecular complexity index is 1490. The first-order valence-electron chi connectivity index (χ1n) is 10.6. The molecule has 1 aliphatic heterocycles. The van der Waals surface area contributed by atoms with Gasteiger partial charge in [-0.25, -0.2) is 0 Å². The molecule has 1 unspecified atom stereocenters. The second-order valence-corrected chi connectivity index (χ2v) is 12.5. The summed E-state index contributed by atoms with van der Waals surface area (Å²) in [7, 11) is -7.99. The highest BCUT2D eigenvalue weighted by Gasteiger charge is 2.33. The van der Waals surface area contributed by atoms with Crippen LogP contribution in [-0.2, 0) is 24.4 Å². The minimum absolute atomic E-state index is 0.0474. The molecule has 0 aliphatic carbocycles. The summed E-state index contributed by atoms with van der Waals surface area (Å²) in [5, 5.41) is 0. The van der Waals surface area contributed by atoms with Crippen LogP contribution in [0.25, 0.3) is 4.48 Å². The fourth-order valence-electron chi connectivity index (χ4n) is 3.38. The number of benzene rings is 3. The third-order valence-electron chi connectivity index (χ3n) is 5.31. The number of rotatable bonds is 7. The van der Waals surface area contributed by atoms with Crippen molar-refractivity contribution in [3.8, 4) is 11.5 Å². The maximum atomic E-state index is 12.6. The van der Waals surface area contributed by atoms with Crippen molar-refractivity contribution in [1.29, 1.82) is 0 Å². The molecule has 0 saturated carbocycles. The number of aryl methyl sites for hydroxylation is 2. The van der Waals surface area contributed by atoms with Gasteiger partial charge in [-0.05, 0) is 69.3 Å². The van der Waals surface area contributed by atoms with Crippen molar-refractivity contribution in [2.75, 3.05) is 6.61 Å². The maximum absolute atomic E-state index is 12.6. The minimum atomic E-state index is -4.01. The van der Waals surface area contributed by atoms with E-state index in [-0.39, 0.29) is 22.1 Å². The van der Waals surface area contributed by atoms with Crippen LogP contribution < -0.4 is 8.92 Å². The van der Waals surface area contributed by atoms with Crippen LogP contribution in [0.3, 0.4) is 0 Å². The summed E-state index contributed by atoms with van der Waals surface area (Å²) < 4.78 is 67.6. The lowest BCUT2D eigenvalue weighted by Crippen LogP contribution is -2.38. The molecule has 4 rings (SSSR count). The van der Waals surface area contributed by atoms with Gasteiger partial charge in [-0.1, -0.05) is 51.3 Å². The number of hydrogen-bond acceptors (Lipinski definition) is 7. The molecule has 0 saturated heterocycles. The molecule has 0 fully saturated rings. The molecule has 0 aromatic heterocycles. The number of fused-ring (bicyclic) bond motifs is 1. The van der Waals surface area contributed by atoms with Crippen molar-refractivity contribution < 1.29 is 29.9 Å². The Balaban J connectivity index is 1.52. The van der Waals surface area contributed by atoms with Crippen molar-refractivity contribution in [3.05, 3.63) is 89.5 Å². The molecule has 1 aliphatic rings. The second-order valence-electron chi connectivity index (χ2n) is 8.44. The molecule has 1 heterocycles. The number of hydrogen-bond donors (Lipinski definition) is 0. The van der Waals surface area contributed by atoms with Gasteiger partial charge >= 0.3 is 10.1 Å². The summed E-state index contributed by atoms with van der Waals surface area (Å²) >= 11 is 3.47. The van der Waals surface area contributed by atoms with Crippen LogP contribution in [-0.4, -0.2) is 29.0 Å². The minimum Gasteiger partial charge on any atom is -0.480 e. The number of ether oxygens (including phenoxy) is 1. The quantitative estimate of drug-likeness (QED) is 0.348. The molecule has 3 aromatic carbocycles. The molecular weight excluding hydrogens is 556 g/mol. The normalized spacial score (nSPS) is 17.8. The van der Waals surface area contributed by atoms with E-state index >= 15 is 0 Å². The average molecular weight is 579 g/mol. The molecule has 7 nitrogen and oxygen atoms in total. The van der Waals surface area contributed by atoms with Crippen molar-refractivity contribution in [1.82, 2.24) is 0 Å². The summed E-state index contributed by atoms with van der Waals surface area (Å²) in [6.07, 6.45) is 1.66. The zero-order valence-electron chi connectivity index (χ0n) is 19.2. The molecule has 0 amide bonds. The highest BCUT2D eigenvalue weighted by molar-refractivity contribution is 9.15. The first kappa shape index (κ1) is 25.4. The summed E-state index contributed by atoms with van der Waals surface area (Å²) in [5.74, 6) is 0.526. The third-order valence-corrected chi connectivity index (χ3v) is 8.50. The van der Waals surface area contributed by atoms with Gasteiger partial charge in [-0.15, -0.1) is 0 Å². The predicted octanol–water partition coefficient (Wildman–Crippen LogP) is 5.36. The smallest absolute Gasteiger partial charge is 0.339 e. The number of halogens is 1. The van der Waals surface area contributed by atoms with Gasteiger partial charge in [0.1, 0.15) is 23.0 Å². The molecule has 35 heavy (non-hydrogen) atoms. The van der Waals surface area contributed by atoms with E-state index in [0.29, 0.717) is 15.8 Å². The SMILES string of the molecule is Cc1ccc(S(=O)(=O)OCC2(C)C=C(Br)c3cc(OS(=O)(=O)c4ccc(C)cc4)ccc3O2)cc1. The lowest BCUT2D eigenvalue weighted by atomic mass is 10.0. The Kier molecular flexibility index (Phi) is 6.85. The molecule has 0 bridgehead atoms. The summed E-state index contributed by atoms with van der Waals surface area (Å²) in [5.41, 5.74) is 1.33. The van der Waals surface area contributed by atoms with Crippen molar-refractivity contribution >= 4 is 40.6 Å². The van der Waals surface area contributed by atoms with Gasteiger partial charge in [0.25, 0.3) is 10.1 Å². The lowest BCUT2D eigenvalue weighted by Gasteiger charge is -2.32. The van der Waals surface area contributed by atoms with E-state index in [2.05, 4.69) is 15.9 Å². The second kappa shape index (κ2) is 9.42. The van der Waals surface area contributed by atoms with E-state index in [1.807, 2.05) is 13.8 Å². The molecule has 0 N–H and O–H groups in total. The topological polar surface area (TPSA) is 96.0 Å². The molecule has 0 radical (unpaired) electrons. The standard InChI is InChI=1S/C25H23BrO7S2/c1-17-4-9-20(10-5-17)34(27,28)31-16-25(3)15-23(26)22-14-19(8-13-24(22)32-25)33-35(29,30)21-11-6-18(2)7-12-21/h4-15H,16H2,1-3H3. The Morgan fingerprint density at radius 2 is 1.37 bits per heavy atom. The van der Waals surface area contributed by atoms with Crippen LogP contribution in [0.2, 0.25) is 0 Å². The van der Waals surface area contributed by atoms with Crippen molar-refractivity contribution in [2.45, 2.75) is 36.2 Å². The summed E-state index contributed by atoms with van der Waals surface area (Å²) in [6, 6.07) is 17.3. The molecular formula is C25H23BrO7S2. The predicted molar refractivity (Wildman–Crippen MR) is 136 cm³/mol. The lowest BCUT2D eigenvalue weighted by molar-refractivity contribution is 0.0781. The third kappa shape index (κ3) is 5.78. The van der Waals surface area contributed by atoms with Crippen LogP contribution in [0.4, 0.5) is 0 Å². The molecule has 1 atom stereocenters. The molecule has 184 valence electrons. The van der Waals surface area contributed by atoms with Gasteiger partial charge in [0.15, 0.2) is 5.60 Å². The van der Waals surface area contributed by atoms with Gasteiger partial charge in [-0.2, -0.15) is 16.8 Å². The molecule has 0 spiro atoms. The van der Waals surface area contributed by atoms with Gasteiger partial charge in [0.05, 0.1) is 4.90 Å². The van der Waals surface area contributed by atoms with Gasteiger partial charge in [0.2, 0.25) is 0 Å². The average Bonchev–Trinajstić information content (AvgIpc) is 2.79. The highest BCUT2D eigenvalue weighted by Crippen LogP contribution is 2.41. The first-order chi connectivity index (χ1) is 16.4. The largest absolute Gasteiger partial charge is 0.480 e. The zero-order chi connectivity index (χ0) is 25.4. The van der Waals surface area contributed by atoms with Crippen molar-refractivity contribution in [3.63, 3.8) is 0 Å². The molecule has 10 heteroatoms. The highest BCUT2D eigenvalue weighted by atomic mass is 79.9. The van der Waals surface area contributed by atoms with Crippen LogP contribution in [0.15, 0.2) is 82.6 Å². The van der Waals surface area contributed by atoms with Gasteiger partial charge in [0, 0.05) is 10.0 Å². The van der Waals surface area contributed by atoms with Crippen LogP contribution in [0, 0.1) is 13.8 Å². The fraction of sp³-hybridized carbons (Fsp3) is 0.200. The van der Waals surface area contributed by atoms with E-state index in [1.54, 1.807) is 43.3 Å². The summed E-state index contributed by atoms with van der Waals surface area (Å²) in [6.45, 7) is 5.15. The van der Waals surface area contributed by atoms with Crippen LogP contribution in [0.1, 0.15) is 23.6 Å².